The largest absolute Gasteiger partial charge is 0.464 e. The van der Waals surface area contributed by atoms with E-state index in [1.165, 1.54) is 38.5 Å². The Kier molecular flexibility index (Phi) is 4.88. The standard InChI is InChI=1S/C24H19F2N3O4/c1-32-23(30)21-19(15-9-27-17-5-3-11(25)7-13(15)17)20(22(29-21)24(31)33-2)16-10-28-18-6-4-12(26)8-14(16)18/h3-9,16,27-29H,10H2,1-2H3. The molecule has 0 saturated carbocycles. The lowest BCUT2D eigenvalue weighted by atomic mass is 9.87. The number of benzene rings is 2. The van der Waals surface area contributed by atoms with Crippen molar-refractivity contribution in [3.05, 3.63) is 76.7 Å². The molecule has 1 atom stereocenters. The van der Waals surface area contributed by atoms with Crippen LogP contribution in [0.1, 0.15) is 38.0 Å². The van der Waals surface area contributed by atoms with Gasteiger partial charge in [0.25, 0.3) is 0 Å². The van der Waals surface area contributed by atoms with Crippen LogP contribution in [0.15, 0.2) is 42.6 Å². The van der Waals surface area contributed by atoms with Crippen LogP contribution in [0, 0.1) is 11.6 Å². The van der Waals surface area contributed by atoms with Gasteiger partial charge >= 0.3 is 11.9 Å². The molecule has 9 heteroatoms. The van der Waals surface area contributed by atoms with Crippen molar-refractivity contribution in [2.45, 2.75) is 5.92 Å². The number of halogens is 2. The number of H-pyrrole nitrogens is 2. The van der Waals surface area contributed by atoms with Crippen molar-refractivity contribution in [1.82, 2.24) is 9.97 Å². The number of anilines is 1. The molecule has 33 heavy (non-hydrogen) atoms. The number of methoxy groups -OCH3 is 2. The Bertz CT molecular complexity index is 1420. The van der Waals surface area contributed by atoms with Gasteiger partial charge in [0, 0.05) is 51.9 Å². The lowest BCUT2D eigenvalue weighted by molar-refractivity contribution is 0.0590. The smallest absolute Gasteiger partial charge is 0.355 e. The number of rotatable bonds is 4. The van der Waals surface area contributed by atoms with Gasteiger partial charge in [-0.1, -0.05) is 0 Å². The molecule has 1 unspecified atom stereocenters. The Morgan fingerprint density at radius 1 is 0.970 bits per heavy atom. The van der Waals surface area contributed by atoms with Gasteiger partial charge in [0.15, 0.2) is 0 Å². The lowest BCUT2D eigenvalue weighted by Gasteiger charge is -2.15. The number of carbonyl (C=O) groups is 2. The van der Waals surface area contributed by atoms with Crippen molar-refractivity contribution in [2.24, 2.45) is 0 Å². The van der Waals surface area contributed by atoms with Gasteiger partial charge in [-0.05, 0) is 42.0 Å². The van der Waals surface area contributed by atoms with Crippen molar-refractivity contribution < 1.29 is 27.8 Å². The molecule has 0 fully saturated rings. The van der Waals surface area contributed by atoms with Gasteiger partial charge in [0.2, 0.25) is 0 Å². The summed E-state index contributed by atoms with van der Waals surface area (Å²) in [5, 5.41) is 3.73. The van der Waals surface area contributed by atoms with E-state index in [1.807, 2.05) is 0 Å². The number of aromatic nitrogens is 2. The van der Waals surface area contributed by atoms with Gasteiger partial charge in [0.1, 0.15) is 23.0 Å². The van der Waals surface area contributed by atoms with Crippen LogP contribution in [-0.2, 0) is 9.47 Å². The van der Waals surface area contributed by atoms with Gasteiger partial charge in [-0.3, -0.25) is 0 Å². The lowest BCUT2D eigenvalue weighted by Crippen LogP contribution is -2.11. The van der Waals surface area contributed by atoms with Crippen molar-refractivity contribution in [3.63, 3.8) is 0 Å². The van der Waals surface area contributed by atoms with Gasteiger partial charge in [-0.2, -0.15) is 0 Å². The number of ether oxygens (including phenoxy) is 2. The first-order chi connectivity index (χ1) is 15.9. The monoisotopic (exact) mass is 451 g/mol. The first-order valence-corrected chi connectivity index (χ1v) is 10.2. The average molecular weight is 451 g/mol. The fraction of sp³-hybridized carbons (Fsp3) is 0.167. The molecule has 3 N–H and O–H groups in total. The van der Waals surface area contributed by atoms with Crippen LogP contribution in [-0.4, -0.2) is 42.7 Å². The summed E-state index contributed by atoms with van der Waals surface area (Å²) in [7, 11) is 2.45. The number of esters is 2. The molecule has 0 spiro atoms. The molecular formula is C24H19F2N3O4. The Labute approximate surface area is 186 Å². The molecule has 0 bridgehead atoms. The normalized spacial score (nSPS) is 14.7. The van der Waals surface area contributed by atoms with Crippen LogP contribution in [0.4, 0.5) is 14.5 Å². The SMILES string of the molecule is COC(=O)c1[nH]c(C(=O)OC)c(C2CNc3ccc(F)cc32)c1-c1c[nH]c2ccc(F)cc12. The molecule has 0 saturated heterocycles. The summed E-state index contributed by atoms with van der Waals surface area (Å²) < 4.78 is 38.2. The summed E-state index contributed by atoms with van der Waals surface area (Å²) in [6.07, 6.45) is 1.64. The summed E-state index contributed by atoms with van der Waals surface area (Å²) in [5.74, 6) is -2.78. The summed E-state index contributed by atoms with van der Waals surface area (Å²) >= 11 is 0. The zero-order valence-corrected chi connectivity index (χ0v) is 17.7. The molecule has 3 heterocycles. The van der Waals surface area contributed by atoms with E-state index in [-0.39, 0.29) is 11.4 Å². The molecule has 0 aliphatic carbocycles. The highest BCUT2D eigenvalue weighted by Crippen LogP contribution is 2.45. The minimum absolute atomic E-state index is 0.0166. The number of hydrogen-bond acceptors (Lipinski definition) is 5. The van der Waals surface area contributed by atoms with E-state index in [2.05, 4.69) is 15.3 Å². The van der Waals surface area contributed by atoms with E-state index < -0.39 is 29.5 Å². The van der Waals surface area contributed by atoms with Crippen molar-refractivity contribution in [1.29, 1.82) is 0 Å². The van der Waals surface area contributed by atoms with Crippen molar-refractivity contribution in [2.75, 3.05) is 26.1 Å². The third-order valence-corrected chi connectivity index (χ3v) is 5.96. The molecule has 4 aromatic rings. The molecule has 5 rings (SSSR count). The summed E-state index contributed by atoms with van der Waals surface area (Å²) in [5.41, 5.74) is 3.34. The van der Waals surface area contributed by atoms with E-state index in [0.29, 0.717) is 45.4 Å². The molecule has 2 aromatic carbocycles. The molecule has 7 nitrogen and oxygen atoms in total. The second-order valence-electron chi connectivity index (χ2n) is 7.70. The Hall–Kier alpha value is -4.14. The van der Waals surface area contributed by atoms with E-state index in [9.17, 15) is 18.4 Å². The molecule has 168 valence electrons. The minimum Gasteiger partial charge on any atom is -0.464 e. The number of fused-ring (bicyclic) bond motifs is 2. The van der Waals surface area contributed by atoms with Crippen LogP contribution >= 0.6 is 0 Å². The summed E-state index contributed by atoms with van der Waals surface area (Å²) in [6, 6.07) is 8.61. The number of carbonyl (C=O) groups excluding carboxylic acids is 2. The van der Waals surface area contributed by atoms with Gasteiger partial charge in [0.05, 0.1) is 14.2 Å². The number of hydrogen-bond donors (Lipinski definition) is 3. The van der Waals surface area contributed by atoms with E-state index >= 15 is 0 Å². The molecule has 0 radical (unpaired) electrons. The summed E-state index contributed by atoms with van der Waals surface area (Å²) in [6.45, 7) is 0.352. The highest BCUT2D eigenvalue weighted by Gasteiger charge is 2.36. The predicted molar refractivity (Wildman–Crippen MR) is 117 cm³/mol. The maximum atomic E-state index is 14.1. The van der Waals surface area contributed by atoms with Crippen LogP contribution in [0.3, 0.4) is 0 Å². The quantitative estimate of drug-likeness (QED) is 0.395. The Balaban J connectivity index is 1.86. The fourth-order valence-corrected chi connectivity index (χ4v) is 4.52. The zero-order chi connectivity index (χ0) is 23.3. The fourth-order valence-electron chi connectivity index (χ4n) is 4.52. The van der Waals surface area contributed by atoms with E-state index in [4.69, 9.17) is 9.47 Å². The number of nitrogens with one attached hydrogen (secondary N) is 3. The van der Waals surface area contributed by atoms with Crippen LogP contribution in [0.25, 0.3) is 22.0 Å². The zero-order valence-electron chi connectivity index (χ0n) is 17.7. The Morgan fingerprint density at radius 2 is 1.67 bits per heavy atom. The van der Waals surface area contributed by atoms with Gasteiger partial charge in [-0.15, -0.1) is 0 Å². The number of aromatic amines is 2. The highest BCUT2D eigenvalue weighted by molar-refractivity contribution is 6.07. The third kappa shape index (κ3) is 3.24. The third-order valence-electron chi connectivity index (χ3n) is 5.96. The van der Waals surface area contributed by atoms with E-state index in [0.717, 1.165) is 0 Å². The predicted octanol–water partition coefficient (Wildman–Crippen LogP) is 4.57. The minimum atomic E-state index is -0.711. The molecule has 1 aliphatic heterocycles. The molecular weight excluding hydrogens is 432 g/mol. The van der Waals surface area contributed by atoms with Gasteiger partial charge < -0.3 is 24.8 Å². The molecule has 0 amide bonds. The maximum absolute atomic E-state index is 14.1. The topological polar surface area (TPSA) is 96.2 Å². The molecule has 1 aliphatic rings. The molecule has 2 aromatic heterocycles. The van der Waals surface area contributed by atoms with Crippen molar-refractivity contribution in [3.8, 4) is 11.1 Å². The highest BCUT2D eigenvalue weighted by atomic mass is 19.1. The Morgan fingerprint density at radius 3 is 2.42 bits per heavy atom. The first kappa shape index (κ1) is 20.7. The van der Waals surface area contributed by atoms with Crippen LogP contribution in [0.2, 0.25) is 0 Å². The van der Waals surface area contributed by atoms with E-state index in [1.54, 1.807) is 18.3 Å². The second-order valence-corrected chi connectivity index (χ2v) is 7.70. The average Bonchev–Trinajstić information content (AvgIpc) is 3.51. The van der Waals surface area contributed by atoms with Crippen molar-refractivity contribution >= 4 is 28.5 Å². The van der Waals surface area contributed by atoms with Crippen LogP contribution < -0.4 is 5.32 Å². The van der Waals surface area contributed by atoms with Gasteiger partial charge in [-0.25, -0.2) is 18.4 Å². The van der Waals surface area contributed by atoms with Crippen LogP contribution in [0.5, 0.6) is 0 Å². The summed E-state index contributed by atoms with van der Waals surface area (Å²) in [4.78, 5) is 31.5. The second kappa shape index (κ2) is 7.77. The maximum Gasteiger partial charge on any atom is 0.355 e. The first-order valence-electron chi connectivity index (χ1n) is 10.2.